The van der Waals surface area contributed by atoms with Gasteiger partial charge < -0.3 is 0 Å². The third kappa shape index (κ3) is 4.75. The van der Waals surface area contributed by atoms with Crippen LogP contribution >= 0.6 is 22.7 Å². The van der Waals surface area contributed by atoms with E-state index in [1.165, 1.54) is 27.0 Å². The van der Waals surface area contributed by atoms with Gasteiger partial charge in [0.2, 0.25) is 5.91 Å². The number of amides is 1. The Kier molecular flexibility index (Phi) is 6.71. The second kappa shape index (κ2) is 9.77. The summed E-state index contributed by atoms with van der Waals surface area (Å²) in [6.45, 7) is 5.12. The quantitative estimate of drug-likeness (QED) is 0.353. The summed E-state index contributed by atoms with van der Waals surface area (Å²) < 4.78 is 28.8. The molecule has 0 atom stereocenters. The third-order valence-electron chi connectivity index (χ3n) is 6.38. The van der Waals surface area contributed by atoms with Crippen LogP contribution in [-0.2, 0) is 21.4 Å². The molecule has 1 saturated heterocycles. The summed E-state index contributed by atoms with van der Waals surface area (Å²) in [7, 11) is -3.51. The van der Waals surface area contributed by atoms with E-state index in [1.807, 2.05) is 19.1 Å². The van der Waals surface area contributed by atoms with E-state index >= 15 is 0 Å². The Morgan fingerprint density at radius 2 is 1.89 bits per heavy atom. The minimum absolute atomic E-state index is 0.0172. The number of benzene rings is 1. The molecule has 182 valence electrons. The normalized spacial score (nSPS) is 15.5. The van der Waals surface area contributed by atoms with Crippen molar-refractivity contribution in [3.8, 4) is 0 Å². The summed E-state index contributed by atoms with van der Waals surface area (Å²) in [5.41, 5.74) is 4.06. The van der Waals surface area contributed by atoms with Gasteiger partial charge in [0.15, 0.2) is 5.13 Å². The molecule has 5 rings (SSSR count). The minimum atomic E-state index is -3.51. The topological polar surface area (TPSA) is 83.5 Å². The van der Waals surface area contributed by atoms with E-state index in [4.69, 9.17) is 4.98 Å². The van der Waals surface area contributed by atoms with Gasteiger partial charge in [-0.2, -0.15) is 4.31 Å². The van der Waals surface area contributed by atoms with Crippen molar-refractivity contribution in [3.05, 3.63) is 70.9 Å². The van der Waals surface area contributed by atoms with E-state index in [0.717, 1.165) is 26.9 Å². The fourth-order valence-corrected chi connectivity index (χ4v) is 8.11. The first kappa shape index (κ1) is 24.1. The number of thiazole rings is 1. The number of pyridine rings is 1. The molecule has 0 saturated carbocycles. The summed E-state index contributed by atoms with van der Waals surface area (Å²) in [5, 5.41) is 2.43. The van der Waals surface area contributed by atoms with Gasteiger partial charge in [-0.25, -0.2) is 13.4 Å². The highest BCUT2D eigenvalue weighted by Crippen LogP contribution is 2.35. The molecule has 0 aliphatic carbocycles. The average Bonchev–Trinajstić information content (AvgIpc) is 3.57. The zero-order valence-electron chi connectivity index (χ0n) is 19.5. The first-order chi connectivity index (χ1) is 16.8. The summed E-state index contributed by atoms with van der Waals surface area (Å²) in [4.78, 5) is 24.7. The Morgan fingerprint density at radius 1 is 1.11 bits per heavy atom. The molecule has 7 nitrogen and oxygen atoms in total. The number of rotatable bonds is 6. The van der Waals surface area contributed by atoms with Crippen molar-refractivity contribution in [2.75, 3.05) is 18.0 Å². The molecule has 3 aromatic heterocycles. The van der Waals surface area contributed by atoms with E-state index in [-0.39, 0.29) is 11.8 Å². The highest BCUT2D eigenvalue weighted by Gasteiger charge is 2.35. The van der Waals surface area contributed by atoms with Gasteiger partial charge in [-0.3, -0.25) is 14.7 Å². The molecule has 1 fully saturated rings. The standard InChI is InChI=1S/C25H26N4O3S3/c1-17-7-8-18(2)23-22(17)27-25(34-23)29(16-19-5-3-11-26-15-19)24(30)20-9-12-28(13-10-20)35(31,32)21-6-4-14-33-21/h3-8,11,14-15,20H,9-10,12-13,16H2,1-2H3. The first-order valence-electron chi connectivity index (χ1n) is 11.5. The molecular weight excluding hydrogens is 501 g/mol. The molecule has 0 radical (unpaired) electrons. The van der Waals surface area contributed by atoms with Crippen LogP contribution in [0.2, 0.25) is 0 Å². The lowest BCUT2D eigenvalue weighted by atomic mass is 9.96. The smallest absolute Gasteiger partial charge is 0.252 e. The van der Waals surface area contributed by atoms with E-state index in [0.29, 0.717) is 41.8 Å². The Balaban J connectivity index is 1.41. The molecule has 1 aliphatic heterocycles. The van der Waals surface area contributed by atoms with Crippen molar-refractivity contribution in [1.29, 1.82) is 0 Å². The molecule has 0 spiro atoms. The fraction of sp³-hybridized carbons (Fsp3) is 0.320. The molecule has 0 N–H and O–H groups in total. The maximum absolute atomic E-state index is 13.8. The van der Waals surface area contributed by atoms with Crippen LogP contribution in [0.15, 0.2) is 58.4 Å². The second-order valence-corrected chi connectivity index (χ2v) is 12.9. The number of hydrogen-bond acceptors (Lipinski definition) is 7. The monoisotopic (exact) mass is 526 g/mol. The number of sulfonamides is 1. The molecule has 10 heteroatoms. The van der Waals surface area contributed by atoms with E-state index in [1.54, 1.807) is 34.8 Å². The molecule has 0 bridgehead atoms. The van der Waals surface area contributed by atoms with Gasteiger partial charge in [0.1, 0.15) is 4.21 Å². The fourth-order valence-electron chi connectivity index (χ4n) is 4.38. The number of carbonyl (C=O) groups is 1. The number of aromatic nitrogens is 2. The van der Waals surface area contributed by atoms with Gasteiger partial charge in [0.25, 0.3) is 10.0 Å². The summed E-state index contributed by atoms with van der Waals surface area (Å²) >= 11 is 2.75. The Bertz CT molecular complexity index is 1400. The van der Waals surface area contributed by atoms with Crippen LogP contribution in [0.25, 0.3) is 10.2 Å². The van der Waals surface area contributed by atoms with Crippen molar-refractivity contribution in [1.82, 2.24) is 14.3 Å². The van der Waals surface area contributed by atoms with Crippen LogP contribution in [-0.4, -0.2) is 41.7 Å². The molecule has 35 heavy (non-hydrogen) atoms. The van der Waals surface area contributed by atoms with E-state index in [9.17, 15) is 13.2 Å². The van der Waals surface area contributed by atoms with Crippen LogP contribution in [0.3, 0.4) is 0 Å². The number of hydrogen-bond donors (Lipinski definition) is 0. The molecular formula is C25H26N4O3S3. The number of aryl methyl sites for hydroxylation is 2. The largest absolute Gasteiger partial charge is 0.283 e. The minimum Gasteiger partial charge on any atom is -0.283 e. The van der Waals surface area contributed by atoms with Gasteiger partial charge in [-0.1, -0.05) is 35.6 Å². The van der Waals surface area contributed by atoms with Crippen LogP contribution in [0.4, 0.5) is 5.13 Å². The third-order valence-corrected chi connectivity index (χ3v) is 10.9. The number of fused-ring (bicyclic) bond motifs is 1. The van der Waals surface area contributed by atoms with Crippen LogP contribution in [0.5, 0.6) is 0 Å². The highest BCUT2D eigenvalue weighted by atomic mass is 32.2. The summed E-state index contributed by atoms with van der Waals surface area (Å²) in [5.74, 6) is -0.285. The first-order valence-corrected chi connectivity index (χ1v) is 14.6. The highest BCUT2D eigenvalue weighted by molar-refractivity contribution is 7.91. The van der Waals surface area contributed by atoms with Gasteiger partial charge in [0, 0.05) is 31.4 Å². The van der Waals surface area contributed by atoms with Crippen molar-refractivity contribution < 1.29 is 13.2 Å². The van der Waals surface area contributed by atoms with Crippen molar-refractivity contribution in [2.45, 2.75) is 37.4 Å². The van der Waals surface area contributed by atoms with E-state index in [2.05, 4.69) is 24.0 Å². The average molecular weight is 527 g/mol. The maximum atomic E-state index is 13.8. The molecule has 4 heterocycles. The predicted octanol–water partition coefficient (Wildman–Crippen LogP) is 5.00. The predicted molar refractivity (Wildman–Crippen MR) is 140 cm³/mol. The van der Waals surface area contributed by atoms with Gasteiger partial charge in [-0.05, 0) is 60.9 Å². The van der Waals surface area contributed by atoms with Gasteiger partial charge in [0.05, 0.1) is 16.8 Å². The number of piperidine rings is 1. The van der Waals surface area contributed by atoms with Crippen molar-refractivity contribution >= 4 is 54.0 Å². The van der Waals surface area contributed by atoms with Gasteiger partial charge in [-0.15, -0.1) is 11.3 Å². The summed E-state index contributed by atoms with van der Waals surface area (Å²) in [6, 6.07) is 11.3. The van der Waals surface area contributed by atoms with E-state index < -0.39 is 10.0 Å². The molecule has 1 aliphatic rings. The van der Waals surface area contributed by atoms with Crippen molar-refractivity contribution in [3.63, 3.8) is 0 Å². The zero-order valence-corrected chi connectivity index (χ0v) is 22.0. The SMILES string of the molecule is Cc1ccc(C)c2sc(N(Cc3cccnc3)C(=O)C3CCN(S(=O)(=O)c4cccs4)CC3)nc12. The molecule has 1 aromatic carbocycles. The zero-order chi connectivity index (χ0) is 24.6. The lowest BCUT2D eigenvalue weighted by Crippen LogP contribution is -2.44. The Labute approximate surface area is 213 Å². The number of carbonyl (C=O) groups excluding carboxylic acids is 1. The number of thiophene rings is 1. The van der Waals surface area contributed by atoms with Crippen LogP contribution < -0.4 is 4.90 Å². The lowest BCUT2D eigenvalue weighted by molar-refractivity contribution is -0.123. The number of nitrogens with zero attached hydrogens (tertiary/aromatic N) is 4. The summed E-state index contributed by atoms with van der Waals surface area (Å²) in [6.07, 6.45) is 4.44. The molecule has 4 aromatic rings. The molecule has 1 amide bonds. The number of anilines is 1. The lowest BCUT2D eigenvalue weighted by Gasteiger charge is -2.32. The molecule has 0 unspecified atom stereocenters. The second-order valence-electron chi connectivity index (χ2n) is 8.77. The maximum Gasteiger partial charge on any atom is 0.252 e. The van der Waals surface area contributed by atoms with Gasteiger partial charge >= 0.3 is 0 Å². The Hall–Kier alpha value is -2.66. The van der Waals surface area contributed by atoms with Crippen LogP contribution in [0.1, 0.15) is 29.5 Å². The Morgan fingerprint density at radius 3 is 2.54 bits per heavy atom. The van der Waals surface area contributed by atoms with Crippen LogP contribution in [0, 0.1) is 19.8 Å². The van der Waals surface area contributed by atoms with Crippen molar-refractivity contribution in [2.24, 2.45) is 5.92 Å².